The first-order valence-electron chi connectivity index (χ1n) is 6.42. The summed E-state index contributed by atoms with van der Waals surface area (Å²) < 4.78 is 13.6. The van der Waals surface area contributed by atoms with Crippen LogP contribution < -0.4 is 5.32 Å². The number of nitro groups is 1. The number of nitrogens with zero attached hydrogens (tertiary/aromatic N) is 1. The van der Waals surface area contributed by atoms with E-state index in [1.807, 2.05) is 0 Å². The highest BCUT2D eigenvalue weighted by atomic mass is 19.1. The van der Waals surface area contributed by atoms with E-state index in [-0.39, 0.29) is 17.5 Å². The predicted octanol–water partition coefficient (Wildman–Crippen LogP) is 2.70. The maximum atomic E-state index is 13.6. The molecule has 0 heterocycles. The first-order valence-corrected chi connectivity index (χ1v) is 6.42. The Morgan fingerprint density at radius 1 is 1.37 bits per heavy atom. The van der Waals surface area contributed by atoms with Gasteiger partial charge < -0.3 is 10.4 Å². The van der Waals surface area contributed by atoms with Crippen LogP contribution in [0.5, 0.6) is 0 Å². The third kappa shape index (κ3) is 3.64. The summed E-state index contributed by atoms with van der Waals surface area (Å²) in [6.07, 6.45) is 3.21. The largest absolute Gasteiger partial charge is 0.393 e. The number of nitrogens with one attached hydrogen (secondary N) is 1. The van der Waals surface area contributed by atoms with E-state index in [9.17, 15) is 19.6 Å². The van der Waals surface area contributed by atoms with Crippen LogP contribution in [0, 0.1) is 21.8 Å². The van der Waals surface area contributed by atoms with Gasteiger partial charge in [-0.05, 0) is 37.7 Å². The van der Waals surface area contributed by atoms with E-state index in [1.165, 1.54) is 12.1 Å². The highest BCUT2D eigenvalue weighted by Gasteiger charge is 2.19. The Balaban J connectivity index is 1.91. The van der Waals surface area contributed by atoms with Crippen LogP contribution in [0.4, 0.5) is 15.8 Å². The monoisotopic (exact) mass is 268 g/mol. The summed E-state index contributed by atoms with van der Waals surface area (Å²) >= 11 is 0. The Labute approximate surface area is 110 Å². The van der Waals surface area contributed by atoms with Gasteiger partial charge in [-0.2, -0.15) is 0 Å². The molecule has 1 saturated carbocycles. The summed E-state index contributed by atoms with van der Waals surface area (Å²) in [5.41, 5.74) is 0.0422. The predicted molar refractivity (Wildman–Crippen MR) is 69.5 cm³/mol. The average molecular weight is 268 g/mol. The van der Waals surface area contributed by atoms with E-state index >= 15 is 0 Å². The number of nitro benzene ring substituents is 1. The second-order valence-electron chi connectivity index (χ2n) is 4.98. The van der Waals surface area contributed by atoms with Gasteiger partial charge in [-0.25, -0.2) is 4.39 Å². The number of rotatable bonds is 4. The number of halogens is 1. The zero-order valence-electron chi connectivity index (χ0n) is 10.5. The van der Waals surface area contributed by atoms with Crippen molar-refractivity contribution in [3.63, 3.8) is 0 Å². The van der Waals surface area contributed by atoms with E-state index < -0.39 is 10.7 Å². The molecular weight excluding hydrogens is 251 g/mol. The molecule has 0 amide bonds. The first-order chi connectivity index (χ1) is 9.06. The number of aliphatic hydroxyl groups excluding tert-OH is 1. The molecule has 6 heteroatoms. The lowest BCUT2D eigenvalue weighted by molar-refractivity contribution is -0.385. The molecule has 1 aliphatic carbocycles. The zero-order chi connectivity index (χ0) is 13.8. The summed E-state index contributed by atoms with van der Waals surface area (Å²) in [4.78, 5) is 9.88. The van der Waals surface area contributed by atoms with Gasteiger partial charge in [0.05, 0.1) is 22.8 Å². The Kier molecular flexibility index (Phi) is 4.31. The highest BCUT2D eigenvalue weighted by molar-refractivity contribution is 5.50. The third-order valence-electron chi connectivity index (χ3n) is 3.56. The Bertz CT molecular complexity index is 459. The molecule has 0 radical (unpaired) electrons. The second-order valence-corrected chi connectivity index (χ2v) is 4.98. The van der Waals surface area contributed by atoms with Crippen molar-refractivity contribution in [3.05, 3.63) is 34.1 Å². The Hall–Kier alpha value is -1.69. The molecule has 1 aromatic carbocycles. The topological polar surface area (TPSA) is 75.4 Å². The minimum absolute atomic E-state index is 0.202. The molecule has 0 aromatic heterocycles. The average Bonchev–Trinajstić information content (AvgIpc) is 2.39. The van der Waals surface area contributed by atoms with E-state index in [0.29, 0.717) is 12.5 Å². The van der Waals surface area contributed by atoms with Gasteiger partial charge in [0, 0.05) is 12.6 Å². The van der Waals surface area contributed by atoms with Crippen molar-refractivity contribution in [2.45, 2.75) is 31.8 Å². The maximum absolute atomic E-state index is 13.6. The fourth-order valence-corrected chi connectivity index (χ4v) is 2.36. The summed E-state index contributed by atoms with van der Waals surface area (Å²) in [7, 11) is 0. The fraction of sp³-hybridized carbons (Fsp3) is 0.538. The summed E-state index contributed by atoms with van der Waals surface area (Å²) in [5, 5.41) is 22.9. The first kappa shape index (κ1) is 13.7. The van der Waals surface area contributed by atoms with E-state index in [1.54, 1.807) is 0 Å². The normalized spacial score (nSPS) is 23.1. The van der Waals surface area contributed by atoms with Crippen molar-refractivity contribution in [2.75, 3.05) is 11.9 Å². The van der Waals surface area contributed by atoms with Crippen LogP contribution in [-0.2, 0) is 0 Å². The fourth-order valence-electron chi connectivity index (χ4n) is 2.36. The van der Waals surface area contributed by atoms with E-state index in [0.717, 1.165) is 31.7 Å². The smallest absolute Gasteiger partial charge is 0.272 e. The molecule has 0 atom stereocenters. The number of aliphatic hydroxyl groups is 1. The lowest BCUT2D eigenvalue weighted by Crippen LogP contribution is -2.23. The van der Waals surface area contributed by atoms with Crippen LogP contribution in [0.15, 0.2) is 18.2 Å². The number of hydrogen-bond donors (Lipinski definition) is 2. The number of benzene rings is 1. The number of non-ortho nitro benzene ring substituents is 1. The molecule has 19 heavy (non-hydrogen) atoms. The van der Waals surface area contributed by atoms with Crippen LogP contribution >= 0.6 is 0 Å². The maximum Gasteiger partial charge on any atom is 0.272 e. The van der Waals surface area contributed by atoms with Crippen LogP contribution in [0.25, 0.3) is 0 Å². The van der Waals surface area contributed by atoms with Crippen LogP contribution in [0.3, 0.4) is 0 Å². The van der Waals surface area contributed by atoms with Gasteiger partial charge in [0.15, 0.2) is 5.82 Å². The van der Waals surface area contributed by atoms with Crippen molar-refractivity contribution in [3.8, 4) is 0 Å². The van der Waals surface area contributed by atoms with Crippen LogP contribution in [0.2, 0.25) is 0 Å². The van der Waals surface area contributed by atoms with Gasteiger partial charge in [-0.1, -0.05) is 0 Å². The molecule has 0 spiro atoms. The van der Waals surface area contributed by atoms with E-state index in [2.05, 4.69) is 5.32 Å². The molecule has 5 nitrogen and oxygen atoms in total. The summed E-state index contributed by atoms with van der Waals surface area (Å²) in [6, 6.07) is 3.61. The Morgan fingerprint density at radius 3 is 2.63 bits per heavy atom. The number of hydrogen-bond acceptors (Lipinski definition) is 4. The number of anilines is 1. The molecule has 1 aromatic rings. The van der Waals surface area contributed by atoms with Crippen molar-refractivity contribution >= 4 is 11.4 Å². The van der Waals surface area contributed by atoms with Gasteiger partial charge in [0.25, 0.3) is 5.69 Å². The minimum Gasteiger partial charge on any atom is -0.393 e. The molecule has 104 valence electrons. The molecule has 0 unspecified atom stereocenters. The molecule has 0 saturated heterocycles. The van der Waals surface area contributed by atoms with Gasteiger partial charge in [0.2, 0.25) is 0 Å². The lowest BCUT2D eigenvalue weighted by Gasteiger charge is -2.25. The van der Waals surface area contributed by atoms with Crippen molar-refractivity contribution < 1.29 is 14.4 Å². The van der Waals surface area contributed by atoms with Gasteiger partial charge in [0.1, 0.15) is 0 Å². The standard InChI is InChI=1S/C13H17FN2O3/c14-12-7-10(16(18)19)3-6-13(12)15-8-9-1-4-11(17)5-2-9/h3,6-7,9,11,15,17H,1-2,4-5,8H2. The molecule has 0 aliphatic heterocycles. The molecule has 0 bridgehead atoms. The molecular formula is C13H17FN2O3. The van der Waals surface area contributed by atoms with Crippen molar-refractivity contribution in [2.24, 2.45) is 5.92 Å². The van der Waals surface area contributed by atoms with Crippen LogP contribution in [-0.4, -0.2) is 22.7 Å². The second kappa shape index (κ2) is 5.97. The minimum atomic E-state index is -0.616. The van der Waals surface area contributed by atoms with Gasteiger partial charge >= 0.3 is 0 Å². The SMILES string of the molecule is O=[N+]([O-])c1ccc(NCC2CCC(O)CC2)c(F)c1. The molecule has 2 rings (SSSR count). The van der Waals surface area contributed by atoms with Gasteiger partial charge in [-0.15, -0.1) is 0 Å². The summed E-state index contributed by atoms with van der Waals surface area (Å²) in [6.45, 7) is 0.626. The molecule has 1 aliphatic rings. The van der Waals surface area contributed by atoms with Crippen LogP contribution in [0.1, 0.15) is 25.7 Å². The lowest BCUT2D eigenvalue weighted by atomic mass is 9.87. The highest BCUT2D eigenvalue weighted by Crippen LogP contribution is 2.26. The van der Waals surface area contributed by atoms with Gasteiger partial charge in [-0.3, -0.25) is 10.1 Å². The van der Waals surface area contributed by atoms with Crippen molar-refractivity contribution in [1.29, 1.82) is 0 Å². The Morgan fingerprint density at radius 2 is 2.05 bits per heavy atom. The molecule has 2 N–H and O–H groups in total. The molecule has 1 fully saturated rings. The van der Waals surface area contributed by atoms with Crippen molar-refractivity contribution in [1.82, 2.24) is 0 Å². The summed E-state index contributed by atoms with van der Waals surface area (Å²) in [5.74, 6) is -0.192. The quantitative estimate of drug-likeness (QED) is 0.650. The third-order valence-corrected chi connectivity index (χ3v) is 3.56. The van der Waals surface area contributed by atoms with E-state index in [4.69, 9.17) is 0 Å². The zero-order valence-corrected chi connectivity index (χ0v) is 10.5.